The van der Waals surface area contributed by atoms with Crippen molar-refractivity contribution in [2.45, 2.75) is 59.9 Å². The molecule has 100 valence electrons. The smallest absolute Gasteiger partial charge is 0.0603 e. The van der Waals surface area contributed by atoms with Crippen LogP contribution >= 0.6 is 0 Å². The van der Waals surface area contributed by atoms with Crippen LogP contribution in [0.4, 0.5) is 5.69 Å². The van der Waals surface area contributed by atoms with Gasteiger partial charge in [0.1, 0.15) is 0 Å². The average molecular weight is 246 g/mol. The Morgan fingerprint density at radius 3 is 2.33 bits per heavy atom. The Labute approximate surface area is 111 Å². The van der Waals surface area contributed by atoms with Crippen molar-refractivity contribution < 1.29 is 0 Å². The molecule has 0 radical (unpaired) electrons. The molecule has 0 saturated heterocycles. The third kappa shape index (κ3) is 3.24. The molecule has 2 rings (SSSR count). The Balaban J connectivity index is 2.12. The van der Waals surface area contributed by atoms with Crippen LogP contribution in [0.5, 0.6) is 0 Å². The molecule has 1 aliphatic carbocycles. The molecule has 1 heterocycles. The molecule has 0 spiro atoms. The van der Waals surface area contributed by atoms with Crippen LogP contribution in [0.3, 0.4) is 0 Å². The van der Waals surface area contributed by atoms with E-state index < -0.39 is 0 Å². The highest BCUT2D eigenvalue weighted by Crippen LogP contribution is 2.46. The molecule has 1 N–H and O–H groups in total. The predicted molar refractivity (Wildman–Crippen MR) is 77.8 cm³/mol. The Morgan fingerprint density at radius 1 is 1.17 bits per heavy atom. The summed E-state index contributed by atoms with van der Waals surface area (Å²) in [5.41, 5.74) is 3.14. The van der Waals surface area contributed by atoms with Crippen molar-refractivity contribution in [2.75, 3.05) is 5.32 Å². The van der Waals surface area contributed by atoms with Crippen molar-refractivity contribution in [3.8, 4) is 0 Å². The fourth-order valence-electron chi connectivity index (χ4n) is 3.80. The van der Waals surface area contributed by atoms with Crippen LogP contribution in [0.25, 0.3) is 0 Å². The van der Waals surface area contributed by atoms with E-state index in [1.807, 2.05) is 12.3 Å². The summed E-state index contributed by atoms with van der Waals surface area (Å²) in [6.45, 7) is 11.6. The normalized spacial score (nSPS) is 22.7. The van der Waals surface area contributed by atoms with Crippen LogP contribution in [-0.4, -0.2) is 11.0 Å². The van der Waals surface area contributed by atoms with Gasteiger partial charge in [-0.3, -0.25) is 4.98 Å². The number of anilines is 1. The lowest BCUT2D eigenvalue weighted by Gasteiger charge is -2.45. The Bertz CT molecular complexity index is 405. The number of aryl methyl sites for hydroxylation is 1. The Morgan fingerprint density at radius 2 is 1.78 bits per heavy atom. The minimum atomic E-state index is 0.426. The molecule has 0 bridgehead atoms. The number of nitrogens with zero attached hydrogens (tertiary/aromatic N) is 1. The summed E-state index contributed by atoms with van der Waals surface area (Å²) in [6, 6.07) is 4.71. The zero-order valence-electron chi connectivity index (χ0n) is 12.4. The first-order valence-electron chi connectivity index (χ1n) is 6.96. The molecule has 0 aromatic carbocycles. The molecule has 1 fully saturated rings. The first kappa shape index (κ1) is 13.4. The zero-order chi connectivity index (χ0) is 13.4. The van der Waals surface area contributed by atoms with E-state index in [0.29, 0.717) is 16.9 Å². The maximum absolute atomic E-state index is 4.35. The monoisotopic (exact) mass is 246 g/mol. The quantitative estimate of drug-likeness (QED) is 0.836. The van der Waals surface area contributed by atoms with Gasteiger partial charge in [0, 0.05) is 12.2 Å². The summed E-state index contributed by atoms with van der Waals surface area (Å²) < 4.78 is 0. The van der Waals surface area contributed by atoms with E-state index in [-0.39, 0.29) is 0 Å². The SMILES string of the molecule is Cc1ncccc1NC1CC(C)(C)CC(C)(C)C1. The second kappa shape index (κ2) is 4.56. The van der Waals surface area contributed by atoms with E-state index >= 15 is 0 Å². The molecule has 18 heavy (non-hydrogen) atoms. The van der Waals surface area contributed by atoms with Gasteiger partial charge in [0.25, 0.3) is 0 Å². The molecule has 0 aliphatic heterocycles. The van der Waals surface area contributed by atoms with Gasteiger partial charge in [0.2, 0.25) is 0 Å². The van der Waals surface area contributed by atoms with Crippen LogP contribution in [0, 0.1) is 17.8 Å². The van der Waals surface area contributed by atoms with Crippen LogP contribution in [0.2, 0.25) is 0 Å². The van der Waals surface area contributed by atoms with Gasteiger partial charge in [-0.25, -0.2) is 0 Å². The van der Waals surface area contributed by atoms with E-state index in [1.165, 1.54) is 24.9 Å². The van der Waals surface area contributed by atoms with Crippen molar-refractivity contribution in [3.05, 3.63) is 24.0 Å². The maximum Gasteiger partial charge on any atom is 0.0603 e. The third-order valence-corrected chi connectivity index (χ3v) is 3.92. The summed E-state index contributed by atoms with van der Waals surface area (Å²) in [4.78, 5) is 4.35. The van der Waals surface area contributed by atoms with Crippen LogP contribution in [0.1, 0.15) is 52.7 Å². The highest BCUT2D eigenvalue weighted by Gasteiger charge is 2.38. The standard InChI is InChI=1S/C16H26N2/c1-12-14(7-6-8-17-12)18-13-9-15(2,3)11-16(4,5)10-13/h6-8,13,18H,9-11H2,1-5H3. The largest absolute Gasteiger partial charge is 0.381 e. The van der Waals surface area contributed by atoms with Gasteiger partial charge in [-0.15, -0.1) is 0 Å². The minimum Gasteiger partial charge on any atom is -0.381 e. The van der Waals surface area contributed by atoms with Crippen molar-refractivity contribution in [1.82, 2.24) is 4.98 Å². The molecule has 0 atom stereocenters. The van der Waals surface area contributed by atoms with Crippen LogP contribution in [-0.2, 0) is 0 Å². The summed E-state index contributed by atoms with van der Waals surface area (Å²) in [5.74, 6) is 0. The second-order valence-corrected chi connectivity index (χ2v) is 7.39. The molecule has 2 heteroatoms. The lowest BCUT2D eigenvalue weighted by atomic mass is 9.63. The molecule has 1 aromatic rings. The highest BCUT2D eigenvalue weighted by atomic mass is 14.9. The number of hydrogen-bond acceptors (Lipinski definition) is 2. The van der Waals surface area contributed by atoms with Gasteiger partial charge in [-0.2, -0.15) is 0 Å². The van der Waals surface area contributed by atoms with E-state index in [2.05, 4.69) is 51.0 Å². The minimum absolute atomic E-state index is 0.426. The molecular formula is C16H26N2. The third-order valence-electron chi connectivity index (χ3n) is 3.92. The van der Waals surface area contributed by atoms with E-state index in [1.54, 1.807) is 0 Å². The maximum atomic E-state index is 4.35. The number of pyridine rings is 1. The number of rotatable bonds is 2. The van der Waals surface area contributed by atoms with Crippen LogP contribution < -0.4 is 5.32 Å². The van der Waals surface area contributed by atoms with Crippen molar-refractivity contribution >= 4 is 5.69 Å². The fraction of sp³-hybridized carbons (Fsp3) is 0.688. The molecule has 0 amide bonds. The van der Waals surface area contributed by atoms with Gasteiger partial charge in [-0.05, 0) is 49.1 Å². The predicted octanol–water partition coefficient (Wildman–Crippen LogP) is 4.41. The molecule has 0 unspecified atom stereocenters. The molecule has 2 nitrogen and oxygen atoms in total. The van der Waals surface area contributed by atoms with Gasteiger partial charge in [-0.1, -0.05) is 27.7 Å². The van der Waals surface area contributed by atoms with E-state index in [0.717, 1.165) is 5.69 Å². The molecule has 1 aliphatic rings. The topological polar surface area (TPSA) is 24.9 Å². The summed E-state index contributed by atoms with van der Waals surface area (Å²) in [6.07, 6.45) is 5.65. The number of nitrogens with one attached hydrogen (secondary N) is 1. The van der Waals surface area contributed by atoms with Crippen molar-refractivity contribution in [1.29, 1.82) is 0 Å². The van der Waals surface area contributed by atoms with E-state index in [4.69, 9.17) is 0 Å². The summed E-state index contributed by atoms with van der Waals surface area (Å²) in [5, 5.41) is 3.70. The second-order valence-electron chi connectivity index (χ2n) is 7.39. The van der Waals surface area contributed by atoms with E-state index in [9.17, 15) is 0 Å². The number of aromatic nitrogens is 1. The molecular weight excluding hydrogens is 220 g/mol. The van der Waals surface area contributed by atoms with Crippen molar-refractivity contribution in [2.24, 2.45) is 10.8 Å². The Hall–Kier alpha value is -1.05. The lowest BCUT2D eigenvalue weighted by Crippen LogP contribution is -2.40. The summed E-state index contributed by atoms with van der Waals surface area (Å²) >= 11 is 0. The van der Waals surface area contributed by atoms with Crippen molar-refractivity contribution in [3.63, 3.8) is 0 Å². The van der Waals surface area contributed by atoms with Gasteiger partial charge in [0.05, 0.1) is 11.4 Å². The highest BCUT2D eigenvalue weighted by molar-refractivity contribution is 5.47. The van der Waals surface area contributed by atoms with Gasteiger partial charge in [0.15, 0.2) is 0 Å². The average Bonchev–Trinajstić information content (AvgIpc) is 2.16. The first-order chi connectivity index (χ1) is 8.27. The number of hydrogen-bond donors (Lipinski definition) is 1. The Kier molecular flexibility index (Phi) is 3.39. The molecule has 1 saturated carbocycles. The van der Waals surface area contributed by atoms with Gasteiger partial charge < -0.3 is 5.32 Å². The first-order valence-corrected chi connectivity index (χ1v) is 6.96. The summed E-state index contributed by atoms with van der Waals surface area (Å²) in [7, 11) is 0. The fourth-order valence-corrected chi connectivity index (χ4v) is 3.80. The van der Waals surface area contributed by atoms with Gasteiger partial charge >= 0.3 is 0 Å². The zero-order valence-corrected chi connectivity index (χ0v) is 12.4. The van der Waals surface area contributed by atoms with Crippen LogP contribution in [0.15, 0.2) is 18.3 Å². The lowest BCUT2D eigenvalue weighted by molar-refractivity contribution is 0.105. The molecule has 1 aromatic heterocycles.